The van der Waals surface area contributed by atoms with Gasteiger partial charge in [0, 0.05) is 6.61 Å². The van der Waals surface area contributed by atoms with Crippen LogP contribution in [0.1, 0.15) is 33.1 Å². The van der Waals surface area contributed by atoms with E-state index in [4.69, 9.17) is 9.84 Å². The summed E-state index contributed by atoms with van der Waals surface area (Å²) in [6, 6.07) is 0. The van der Waals surface area contributed by atoms with Crippen molar-refractivity contribution in [3.05, 3.63) is 0 Å². The lowest BCUT2D eigenvalue weighted by Gasteiger charge is -2.27. The molecule has 14 heavy (non-hydrogen) atoms. The highest BCUT2D eigenvalue weighted by atomic mass is 16.5. The van der Waals surface area contributed by atoms with Crippen LogP contribution in [0.3, 0.4) is 0 Å². The van der Waals surface area contributed by atoms with Crippen LogP contribution < -0.4 is 0 Å². The fourth-order valence-electron chi connectivity index (χ4n) is 1.96. The van der Waals surface area contributed by atoms with E-state index in [1.165, 1.54) is 0 Å². The molecule has 0 spiro atoms. The van der Waals surface area contributed by atoms with Gasteiger partial charge in [0.25, 0.3) is 0 Å². The van der Waals surface area contributed by atoms with E-state index < -0.39 is 17.5 Å². The minimum absolute atomic E-state index is 0.251. The SMILES string of the molecule is CC(O)CCC1(C(=O)O)CCOC1C. The van der Waals surface area contributed by atoms with Crippen LogP contribution in [-0.4, -0.2) is 35.0 Å². The average Bonchev–Trinajstić information content (AvgIpc) is 2.44. The molecule has 0 saturated carbocycles. The second-order valence-electron chi connectivity index (χ2n) is 4.11. The van der Waals surface area contributed by atoms with Gasteiger partial charge in [0.15, 0.2) is 0 Å². The first-order chi connectivity index (χ1) is 6.49. The van der Waals surface area contributed by atoms with Gasteiger partial charge in [-0.3, -0.25) is 4.79 Å². The van der Waals surface area contributed by atoms with Gasteiger partial charge in [-0.25, -0.2) is 0 Å². The Balaban J connectivity index is 2.67. The molecule has 4 heteroatoms. The molecule has 0 aromatic heterocycles. The van der Waals surface area contributed by atoms with Crippen molar-refractivity contribution < 1.29 is 19.7 Å². The van der Waals surface area contributed by atoms with E-state index >= 15 is 0 Å². The highest BCUT2D eigenvalue weighted by Crippen LogP contribution is 2.39. The van der Waals surface area contributed by atoms with Gasteiger partial charge in [-0.15, -0.1) is 0 Å². The molecule has 1 aliphatic rings. The molecule has 3 unspecified atom stereocenters. The van der Waals surface area contributed by atoms with Crippen LogP contribution in [-0.2, 0) is 9.53 Å². The van der Waals surface area contributed by atoms with E-state index in [-0.39, 0.29) is 6.10 Å². The molecule has 1 aliphatic heterocycles. The third-order valence-electron chi connectivity index (χ3n) is 3.13. The van der Waals surface area contributed by atoms with Crippen LogP contribution in [0.5, 0.6) is 0 Å². The zero-order chi connectivity index (χ0) is 10.8. The Hall–Kier alpha value is -0.610. The summed E-state index contributed by atoms with van der Waals surface area (Å²) in [5.74, 6) is -0.803. The first-order valence-electron chi connectivity index (χ1n) is 5.02. The zero-order valence-corrected chi connectivity index (χ0v) is 8.69. The van der Waals surface area contributed by atoms with Crippen molar-refractivity contribution in [2.24, 2.45) is 5.41 Å². The normalized spacial score (nSPS) is 34.4. The van der Waals surface area contributed by atoms with Gasteiger partial charge in [-0.2, -0.15) is 0 Å². The Bertz CT molecular complexity index is 214. The van der Waals surface area contributed by atoms with Gasteiger partial charge in [-0.05, 0) is 33.1 Å². The largest absolute Gasteiger partial charge is 0.481 e. The average molecular weight is 202 g/mol. The zero-order valence-electron chi connectivity index (χ0n) is 8.69. The van der Waals surface area contributed by atoms with E-state index in [2.05, 4.69) is 0 Å². The topological polar surface area (TPSA) is 66.8 Å². The molecule has 4 nitrogen and oxygen atoms in total. The first kappa shape index (κ1) is 11.5. The summed E-state index contributed by atoms with van der Waals surface area (Å²) < 4.78 is 5.30. The number of aliphatic carboxylic acids is 1. The van der Waals surface area contributed by atoms with Crippen LogP contribution in [0, 0.1) is 5.41 Å². The van der Waals surface area contributed by atoms with Gasteiger partial charge in [-0.1, -0.05) is 0 Å². The van der Waals surface area contributed by atoms with Crippen molar-refractivity contribution in [2.45, 2.75) is 45.3 Å². The molecule has 1 saturated heterocycles. The predicted octanol–water partition coefficient (Wildman–Crippen LogP) is 1.03. The standard InChI is InChI=1S/C10H18O4/c1-7(11)3-4-10(9(12)13)5-6-14-8(10)2/h7-8,11H,3-6H2,1-2H3,(H,12,13). The van der Waals surface area contributed by atoms with Crippen molar-refractivity contribution >= 4 is 5.97 Å². The number of rotatable bonds is 4. The van der Waals surface area contributed by atoms with E-state index in [1.54, 1.807) is 13.8 Å². The lowest BCUT2D eigenvalue weighted by Crippen LogP contribution is -2.38. The summed E-state index contributed by atoms with van der Waals surface area (Å²) in [6.07, 6.45) is 0.856. The Kier molecular flexibility index (Phi) is 3.50. The molecule has 1 fully saturated rings. The first-order valence-corrected chi connectivity index (χ1v) is 5.02. The number of hydrogen-bond donors (Lipinski definition) is 2. The molecule has 0 aliphatic carbocycles. The highest BCUT2D eigenvalue weighted by molar-refractivity contribution is 5.75. The lowest BCUT2D eigenvalue weighted by molar-refractivity contribution is -0.152. The maximum absolute atomic E-state index is 11.2. The Morgan fingerprint density at radius 3 is 2.71 bits per heavy atom. The lowest BCUT2D eigenvalue weighted by atomic mass is 9.77. The number of carbonyl (C=O) groups is 1. The summed E-state index contributed by atoms with van der Waals surface area (Å²) in [4.78, 5) is 11.2. The van der Waals surface area contributed by atoms with Gasteiger partial charge < -0.3 is 14.9 Å². The summed E-state index contributed by atoms with van der Waals surface area (Å²) in [5.41, 5.74) is -0.781. The van der Waals surface area contributed by atoms with Crippen LogP contribution >= 0.6 is 0 Å². The molecule has 0 aromatic carbocycles. The van der Waals surface area contributed by atoms with Crippen molar-refractivity contribution in [1.82, 2.24) is 0 Å². The maximum atomic E-state index is 11.2. The van der Waals surface area contributed by atoms with Crippen LogP contribution in [0.15, 0.2) is 0 Å². The van der Waals surface area contributed by atoms with Crippen LogP contribution in [0.25, 0.3) is 0 Å². The molecular weight excluding hydrogens is 184 g/mol. The summed E-state index contributed by atoms with van der Waals surface area (Å²) in [6.45, 7) is 3.98. The Morgan fingerprint density at radius 2 is 2.36 bits per heavy atom. The monoisotopic (exact) mass is 202 g/mol. The van der Waals surface area contributed by atoms with Crippen molar-refractivity contribution in [2.75, 3.05) is 6.61 Å². The van der Waals surface area contributed by atoms with Gasteiger partial charge in [0.1, 0.15) is 0 Å². The second kappa shape index (κ2) is 4.28. The third-order valence-corrected chi connectivity index (χ3v) is 3.13. The quantitative estimate of drug-likeness (QED) is 0.714. The summed E-state index contributed by atoms with van der Waals surface area (Å²) in [5, 5.41) is 18.3. The summed E-state index contributed by atoms with van der Waals surface area (Å²) >= 11 is 0. The smallest absolute Gasteiger partial charge is 0.312 e. The summed E-state index contributed by atoms with van der Waals surface area (Å²) in [7, 11) is 0. The Labute approximate surface area is 83.9 Å². The molecule has 2 N–H and O–H groups in total. The number of ether oxygens (including phenoxy) is 1. The molecule has 82 valence electrons. The predicted molar refractivity (Wildman–Crippen MR) is 51.0 cm³/mol. The number of aliphatic hydroxyl groups excluding tert-OH is 1. The Morgan fingerprint density at radius 1 is 1.71 bits per heavy atom. The molecule has 0 amide bonds. The van der Waals surface area contributed by atoms with E-state index in [9.17, 15) is 9.90 Å². The molecule has 3 atom stereocenters. The van der Waals surface area contributed by atoms with Crippen LogP contribution in [0.2, 0.25) is 0 Å². The fourth-order valence-corrected chi connectivity index (χ4v) is 1.96. The number of carboxylic acids is 1. The molecule has 0 bridgehead atoms. The van der Waals surface area contributed by atoms with Crippen molar-refractivity contribution in [3.8, 4) is 0 Å². The van der Waals surface area contributed by atoms with Gasteiger partial charge >= 0.3 is 5.97 Å². The van der Waals surface area contributed by atoms with Crippen molar-refractivity contribution in [1.29, 1.82) is 0 Å². The fraction of sp³-hybridized carbons (Fsp3) is 0.900. The number of aliphatic hydroxyl groups is 1. The van der Waals surface area contributed by atoms with Crippen LogP contribution in [0.4, 0.5) is 0 Å². The minimum Gasteiger partial charge on any atom is -0.481 e. The van der Waals surface area contributed by atoms with Gasteiger partial charge in [0.05, 0.1) is 17.6 Å². The van der Waals surface area contributed by atoms with Gasteiger partial charge in [0.2, 0.25) is 0 Å². The minimum atomic E-state index is -0.803. The molecule has 1 rings (SSSR count). The van der Waals surface area contributed by atoms with Crippen molar-refractivity contribution in [3.63, 3.8) is 0 Å². The van der Waals surface area contributed by atoms with E-state index in [1.807, 2.05) is 0 Å². The van der Waals surface area contributed by atoms with E-state index in [0.717, 1.165) is 0 Å². The molecule has 1 heterocycles. The number of carboxylic acid groups (broad SMARTS) is 1. The van der Waals surface area contributed by atoms with E-state index in [0.29, 0.717) is 25.9 Å². The highest BCUT2D eigenvalue weighted by Gasteiger charge is 2.47. The molecule has 0 aromatic rings. The maximum Gasteiger partial charge on any atom is 0.312 e. The molecule has 0 radical (unpaired) electrons. The molecular formula is C10H18O4. The number of hydrogen-bond acceptors (Lipinski definition) is 3. The second-order valence-corrected chi connectivity index (χ2v) is 4.11. The third kappa shape index (κ3) is 2.07.